The molecular weight excluding hydrogens is 314 g/mol. The van der Waals surface area contributed by atoms with Gasteiger partial charge < -0.3 is 4.90 Å². The molecule has 0 radical (unpaired) electrons. The van der Waals surface area contributed by atoms with Crippen molar-refractivity contribution < 1.29 is 0 Å². The largest absolute Gasteiger partial charge is 0.355 e. The number of rotatable bonds is 3. The third-order valence-electron chi connectivity index (χ3n) is 2.49. The molecule has 2 aromatic rings. The Morgan fingerprint density at radius 3 is 2.72 bits per heavy atom. The van der Waals surface area contributed by atoms with Gasteiger partial charge in [0, 0.05) is 24.1 Å². The molecule has 1 aromatic carbocycles. The molecule has 18 heavy (non-hydrogen) atoms. The quantitative estimate of drug-likeness (QED) is 0.803. The van der Waals surface area contributed by atoms with Gasteiger partial charge in [0.1, 0.15) is 16.8 Å². The first-order valence-corrected chi connectivity index (χ1v) is 6.68. The highest BCUT2D eigenvalue weighted by Crippen LogP contribution is 2.18. The first-order chi connectivity index (χ1) is 8.54. The predicted molar refractivity (Wildman–Crippen MR) is 78.0 cm³/mol. The minimum Gasteiger partial charge on any atom is -0.355 e. The third-order valence-corrected chi connectivity index (χ3v) is 3.18. The molecule has 2 rings (SSSR count). The van der Waals surface area contributed by atoms with Gasteiger partial charge in [-0.3, -0.25) is 0 Å². The number of aryl methyl sites for hydroxylation is 1. The number of halogens is 2. The molecule has 0 amide bonds. The standard InChI is InChI=1S/C13H13BrClN3/c1-9-16-12(15)7-13(17-9)18(2)8-10-4-3-5-11(14)6-10/h3-7H,8H2,1-2H3. The van der Waals surface area contributed by atoms with Crippen LogP contribution in [0.4, 0.5) is 5.82 Å². The molecule has 0 atom stereocenters. The van der Waals surface area contributed by atoms with Gasteiger partial charge in [-0.15, -0.1) is 0 Å². The Bertz CT molecular complexity index is 539. The Labute approximate surface area is 120 Å². The normalized spacial score (nSPS) is 10.4. The van der Waals surface area contributed by atoms with Crippen LogP contribution in [0.25, 0.3) is 0 Å². The zero-order valence-corrected chi connectivity index (χ0v) is 12.5. The van der Waals surface area contributed by atoms with Gasteiger partial charge in [0.05, 0.1) is 0 Å². The van der Waals surface area contributed by atoms with E-state index in [-0.39, 0.29) is 0 Å². The van der Waals surface area contributed by atoms with Gasteiger partial charge in [0.2, 0.25) is 0 Å². The summed E-state index contributed by atoms with van der Waals surface area (Å²) in [5.41, 5.74) is 1.21. The third kappa shape index (κ3) is 3.43. The average Bonchev–Trinajstić information content (AvgIpc) is 2.27. The molecule has 0 saturated carbocycles. The summed E-state index contributed by atoms with van der Waals surface area (Å²) in [6.07, 6.45) is 0. The zero-order chi connectivity index (χ0) is 13.1. The lowest BCUT2D eigenvalue weighted by molar-refractivity contribution is 0.879. The Kier molecular flexibility index (Phi) is 4.19. The van der Waals surface area contributed by atoms with Crippen molar-refractivity contribution in [1.82, 2.24) is 9.97 Å². The minimum absolute atomic E-state index is 0.471. The fourth-order valence-corrected chi connectivity index (χ4v) is 2.37. The fourth-order valence-electron chi connectivity index (χ4n) is 1.70. The summed E-state index contributed by atoms with van der Waals surface area (Å²) in [5, 5.41) is 0.471. The summed E-state index contributed by atoms with van der Waals surface area (Å²) >= 11 is 9.40. The molecule has 5 heteroatoms. The van der Waals surface area contributed by atoms with Crippen LogP contribution in [0.15, 0.2) is 34.8 Å². The Balaban J connectivity index is 2.19. The molecule has 3 nitrogen and oxygen atoms in total. The van der Waals surface area contributed by atoms with Crippen LogP contribution < -0.4 is 4.90 Å². The molecule has 1 aromatic heterocycles. The lowest BCUT2D eigenvalue weighted by atomic mass is 10.2. The van der Waals surface area contributed by atoms with Crippen molar-refractivity contribution in [2.45, 2.75) is 13.5 Å². The van der Waals surface area contributed by atoms with E-state index < -0.39 is 0 Å². The molecule has 0 bridgehead atoms. The molecule has 0 aliphatic heterocycles. The van der Waals surface area contributed by atoms with Crippen molar-refractivity contribution in [2.24, 2.45) is 0 Å². The van der Waals surface area contributed by atoms with E-state index in [1.54, 1.807) is 6.07 Å². The van der Waals surface area contributed by atoms with Gasteiger partial charge in [-0.1, -0.05) is 39.7 Å². The minimum atomic E-state index is 0.471. The van der Waals surface area contributed by atoms with E-state index in [9.17, 15) is 0 Å². The molecule has 0 aliphatic rings. The van der Waals surface area contributed by atoms with E-state index >= 15 is 0 Å². The highest BCUT2D eigenvalue weighted by molar-refractivity contribution is 9.10. The molecule has 0 spiro atoms. The summed E-state index contributed by atoms with van der Waals surface area (Å²) < 4.78 is 1.07. The highest BCUT2D eigenvalue weighted by atomic mass is 79.9. The summed E-state index contributed by atoms with van der Waals surface area (Å²) in [7, 11) is 1.99. The molecule has 94 valence electrons. The molecule has 0 N–H and O–H groups in total. The first-order valence-electron chi connectivity index (χ1n) is 5.51. The first kappa shape index (κ1) is 13.3. The molecular formula is C13H13BrClN3. The molecule has 1 heterocycles. The van der Waals surface area contributed by atoms with Crippen LogP contribution in [-0.2, 0) is 6.54 Å². The second kappa shape index (κ2) is 5.67. The lowest BCUT2D eigenvalue weighted by Crippen LogP contribution is -2.18. The maximum atomic E-state index is 5.94. The predicted octanol–water partition coefficient (Wildman–Crippen LogP) is 3.84. The van der Waals surface area contributed by atoms with Gasteiger partial charge in [-0.2, -0.15) is 0 Å². The van der Waals surface area contributed by atoms with E-state index in [4.69, 9.17) is 11.6 Å². The van der Waals surface area contributed by atoms with E-state index in [0.717, 1.165) is 16.8 Å². The van der Waals surface area contributed by atoms with Crippen molar-refractivity contribution in [2.75, 3.05) is 11.9 Å². The van der Waals surface area contributed by atoms with E-state index in [1.807, 2.05) is 31.0 Å². The second-order valence-corrected chi connectivity index (χ2v) is 5.38. The molecule has 0 saturated heterocycles. The van der Waals surface area contributed by atoms with Crippen LogP contribution in [0.3, 0.4) is 0 Å². The van der Waals surface area contributed by atoms with E-state index in [2.05, 4.69) is 38.0 Å². The molecule has 0 fully saturated rings. The van der Waals surface area contributed by atoms with Crippen LogP contribution in [-0.4, -0.2) is 17.0 Å². The van der Waals surface area contributed by atoms with Crippen molar-refractivity contribution >= 4 is 33.3 Å². The summed E-state index contributed by atoms with van der Waals surface area (Å²) in [4.78, 5) is 10.5. The zero-order valence-electron chi connectivity index (χ0n) is 10.2. The molecule has 0 unspecified atom stereocenters. The van der Waals surface area contributed by atoms with Crippen LogP contribution in [0.5, 0.6) is 0 Å². The fraction of sp³-hybridized carbons (Fsp3) is 0.231. The maximum absolute atomic E-state index is 5.94. The highest BCUT2D eigenvalue weighted by Gasteiger charge is 2.06. The van der Waals surface area contributed by atoms with Crippen molar-refractivity contribution in [3.05, 3.63) is 51.3 Å². The van der Waals surface area contributed by atoms with Gasteiger partial charge in [-0.05, 0) is 24.6 Å². The van der Waals surface area contributed by atoms with Crippen molar-refractivity contribution in [1.29, 1.82) is 0 Å². The van der Waals surface area contributed by atoms with Gasteiger partial charge in [0.25, 0.3) is 0 Å². The van der Waals surface area contributed by atoms with Gasteiger partial charge in [0.15, 0.2) is 0 Å². The Morgan fingerprint density at radius 1 is 1.28 bits per heavy atom. The van der Waals surface area contributed by atoms with Crippen LogP contribution in [0.2, 0.25) is 5.15 Å². The summed E-state index contributed by atoms with van der Waals surface area (Å²) in [5.74, 6) is 1.51. The SMILES string of the molecule is Cc1nc(Cl)cc(N(C)Cc2cccc(Br)c2)n1. The number of hydrogen-bond donors (Lipinski definition) is 0. The Morgan fingerprint density at radius 2 is 2.06 bits per heavy atom. The second-order valence-electron chi connectivity index (χ2n) is 4.08. The monoisotopic (exact) mass is 325 g/mol. The van der Waals surface area contributed by atoms with Crippen molar-refractivity contribution in [3.8, 4) is 0 Å². The maximum Gasteiger partial charge on any atom is 0.134 e. The van der Waals surface area contributed by atoms with Crippen molar-refractivity contribution in [3.63, 3.8) is 0 Å². The number of hydrogen-bond acceptors (Lipinski definition) is 3. The van der Waals surface area contributed by atoms with E-state index in [1.165, 1.54) is 5.56 Å². The number of nitrogens with zero attached hydrogens (tertiary/aromatic N) is 3. The topological polar surface area (TPSA) is 29.0 Å². The lowest BCUT2D eigenvalue weighted by Gasteiger charge is -2.18. The van der Waals surface area contributed by atoms with Gasteiger partial charge >= 0.3 is 0 Å². The number of anilines is 1. The van der Waals surface area contributed by atoms with E-state index in [0.29, 0.717) is 11.0 Å². The van der Waals surface area contributed by atoms with Crippen LogP contribution >= 0.6 is 27.5 Å². The smallest absolute Gasteiger partial charge is 0.134 e. The number of benzene rings is 1. The van der Waals surface area contributed by atoms with Crippen LogP contribution in [0.1, 0.15) is 11.4 Å². The summed E-state index contributed by atoms with van der Waals surface area (Å²) in [6, 6.07) is 9.97. The van der Waals surface area contributed by atoms with Crippen LogP contribution in [0, 0.1) is 6.92 Å². The Hall–Kier alpha value is -1.13. The summed E-state index contributed by atoms with van der Waals surface area (Å²) in [6.45, 7) is 2.61. The average molecular weight is 327 g/mol. The van der Waals surface area contributed by atoms with Gasteiger partial charge in [-0.25, -0.2) is 9.97 Å². The molecule has 0 aliphatic carbocycles. The number of aromatic nitrogens is 2.